The zero-order valence-electron chi connectivity index (χ0n) is 17.4. The van der Waals surface area contributed by atoms with E-state index >= 15 is 0 Å². The van der Waals surface area contributed by atoms with Gasteiger partial charge in [-0.15, -0.1) is 0 Å². The van der Waals surface area contributed by atoms with Crippen molar-refractivity contribution in [2.24, 2.45) is 11.8 Å². The van der Waals surface area contributed by atoms with Crippen molar-refractivity contribution in [1.82, 2.24) is 9.62 Å². The van der Waals surface area contributed by atoms with Gasteiger partial charge in [-0.1, -0.05) is 26.0 Å². The molecule has 0 aliphatic carbocycles. The Balaban J connectivity index is 1.37. The molecule has 30 heavy (non-hydrogen) atoms. The first-order valence-electron chi connectivity index (χ1n) is 10.5. The molecule has 7 nitrogen and oxygen atoms in total. The van der Waals surface area contributed by atoms with Crippen LogP contribution in [0.25, 0.3) is 0 Å². The lowest BCUT2D eigenvalue weighted by Crippen LogP contribution is -2.52. The van der Waals surface area contributed by atoms with Crippen LogP contribution in [0.4, 0.5) is 5.69 Å². The van der Waals surface area contributed by atoms with Gasteiger partial charge in [0.1, 0.15) is 10.7 Å². The Bertz CT molecular complexity index is 980. The van der Waals surface area contributed by atoms with Gasteiger partial charge >= 0.3 is 0 Å². The third-order valence-corrected chi connectivity index (χ3v) is 7.74. The van der Waals surface area contributed by atoms with E-state index < -0.39 is 10.0 Å². The number of likely N-dealkylation sites (tertiary alicyclic amines) is 1. The highest BCUT2D eigenvalue weighted by molar-refractivity contribution is 7.89. The minimum atomic E-state index is -3.52. The van der Waals surface area contributed by atoms with Crippen LogP contribution in [0, 0.1) is 11.8 Å². The Morgan fingerprint density at radius 1 is 1.17 bits per heavy atom. The predicted octanol–water partition coefficient (Wildman–Crippen LogP) is 3.38. The van der Waals surface area contributed by atoms with Gasteiger partial charge in [0.05, 0.1) is 18.1 Å². The summed E-state index contributed by atoms with van der Waals surface area (Å²) in [6.45, 7) is 5.47. The summed E-state index contributed by atoms with van der Waals surface area (Å²) in [5.74, 6) is 1.48. The molecule has 1 amide bonds. The summed E-state index contributed by atoms with van der Waals surface area (Å²) in [5, 5.41) is 3.33. The van der Waals surface area contributed by atoms with Crippen LogP contribution in [0.1, 0.15) is 44.8 Å². The Hall–Kier alpha value is -2.32. The molecular weight excluding hydrogens is 402 g/mol. The lowest BCUT2D eigenvalue weighted by Gasteiger charge is -2.39. The average molecular weight is 432 g/mol. The lowest BCUT2D eigenvalue weighted by molar-refractivity contribution is -0.133. The first-order chi connectivity index (χ1) is 14.3. The molecule has 1 saturated heterocycles. The van der Waals surface area contributed by atoms with E-state index in [2.05, 4.69) is 23.9 Å². The number of benzene rings is 1. The fourth-order valence-corrected chi connectivity index (χ4v) is 5.82. The molecule has 1 fully saturated rings. The van der Waals surface area contributed by atoms with Crippen molar-refractivity contribution in [1.29, 1.82) is 0 Å². The minimum absolute atomic E-state index is 0.0635. The van der Waals surface area contributed by atoms with Crippen LogP contribution in [0.2, 0.25) is 0 Å². The molecule has 2 atom stereocenters. The maximum absolute atomic E-state index is 12.9. The quantitative estimate of drug-likeness (QED) is 0.757. The summed E-state index contributed by atoms with van der Waals surface area (Å²) in [6.07, 6.45) is 3.23. The number of nitrogens with one attached hydrogen (secondary N) is 2. The number of para-hydroxylation sites is 1. The number of rotatable bonds is 5. The Morgan fingerprint density at radius 2 is 1.90 bits per heavy atom. The molecule has 4 rings (SSSR count). The molecule has 1 aromatic carbocycles. The number of hydrogen-bond donors (Lipinski definition) is 2. The lowest BCUT2D eigenvalue weighted by atomic mass is 9.88. The van der Waals surface area contributed by atoms with Crippen molar-refractivity contribution in [2.45, 2.75) is 50.1 Å². The monoisotopic (exact) mass is 431 g/mol. The molecule has 3 heterocycles. The van der Waals surface area contributed by atoms with E-state index in [0.29, 0.717) is 31.1 Å². The number of furan rings is 1. The largest absolute Gasteiger partial charge is 0.469 e. The van der Waals surface area contributed by atoms with Gasteiger partial charge in [-0.3, -0.25) is 4.79 Å². The second kappa shape index (κ2) is 8.43. The number of nitrogens with zero attached hydrogens (tertiary/aromatic N) is 1. The third kappa shape index (κ3) is 4.25. The zero-order chi connectivity index (χ0) is 21.3. The standard InChI is InChI=1S/C22H29N3O4S/c1-15(2)17(19-7-5-13-29-19)14-21(26)25-11-9-16(10-12-25)22-23-18-6-3-4-8-20(18)30(27,28)24-22/h3-8,13,15-17,22-24H,9-12,14H2,1-2H3/t17-,22-/m1/s1. The van der Waals surface area contributed by atoms with Crippen LogP contribution in [0.3, 0.4) is 0 Å². The summed E-state index contributed by atoms with van der Waals surface area (Å²) in [7, 11) is -3.52. The van der Waals surface area contributed by atoms with Gasteiger partial charge in [0.2, 0.25) is 15.9 Å². The number of sulfonamides is 1. The predicted molar refractivity (Wildman–Crippen MR) is 114 cm³/mol. The SMILES string of the molecule is CC(C)[C@@H](CC(=O)N1CCC([C@@H]2Nc3ccccc3S(=O)(=O)N2)CC1)c1ccco1. The summed E-state index contributed by atoms with van der Waals surface area (Å²) in [4.78, 5) is 15.1. The number of anilines is 1. The maximum Gasteiger partial charge on any atom is 0.244 e. The minimum Gasteiger partial charge on any atom is -0.469 e. The summed E-state index contributed by atoms with van der Waals surface area (Å²) >= 11 is 0. The first kappa shape index (κ1) is 20.9. The molecule has 1 aromatic heterocycles. The number of carbonyl (C=O) groups is 1. The Kier molecular flexibility index (Phi) is 5.88. The van der Waals surface area contributed by atoms with Crippen LogP contribution in [-0.4, -0.2) is 38.5 Å². The number of fused-ring (bicyclic) bond motifs is 1. The summed E-state index contributed by atoms with van der Waals surface area (Å²) < 4.78 is 33.5. The van der Waals surface area contributed by atoms with Gasteiger partial charge in [-0.2, -0.15) is 4.72 Å². The van der Waals surface area contributed by atoms with E-state index in [1.807, 2.05) is 23.1 Å². The normalized spacial score (nSPS) is 22.4. The molecule has 2 aliphatic heterocycles. The number of piperidine rings is 1. The first-order valence-corrected chi connectivity index (χ1v) is 12.0. The molecule has 0 saturated carbocycles. The van der Waals surface area contributed by atoms with E-state index in [1.165, 1.54) is 0 Å². The van der Waals surface area contributed by atoms with E-state index in [4.69, 9.17) is 4.42 Å². The van der Waals surface area contributed by atoms with Crippen LogP contribution < -0.4 is 10.0 Å². The van der Waals surface area contributed by atoms with Crippen molar-refractivity contribution in [3.63, 3.8) is 0 Å². The van der Waals surface area contributed by atoms with Gasteiger partial charge in [0, 0.05) is 25.4 Å². The van der Waals surface area contributed by atoms with E-state index in [0.717, 1.165) is 18.6 Å². The van der Waals surface area contributed by atoms with E-state index in [-0.39, 0.29) is 28.8 Å². The molecule has 2 aromatic rings. The maximum atomic E-state index is 12.9. The van der Waals surface area contributed by atoms with Gasteiger partial charge < -0.3 is 14.6 Å². The van der Waals surface area contributed by atoms with Crippen molar-refractivity contribution >= 4 is 21.6 Å². The second-order valence-electron chi connectivity index (χ2n) is 8.53. The van der Waals surface area contributed by atoms with E-state index in [9.17, 15) is 13.2 Å². The van der Waals surface area contributed by atoms with Crippen LogP contribution in [0.5, 0.6) is 0 Å². The molecule has 0 bridgehead atoms. The Labute approximate surface area is 177 Å². The van der Waals surface area contributed by atoms with Crippen molar-refractivity contribution in [2.75, 3.05) is 18.4 Å². The molecule has 0 spiro atoms. The highest BCUT2D eigenvalue weighted by Gasteiger charge is 2.36. The number of amides is 1. The van der Waals surface area contributed by atoms with Crippen LogP contribution >= 0.6 is 0 Å². The average Bonchev–Trinajstić information content (AvgIpc) is 3.25. The fraction of sp³-hybridized carbons (Fsp3) is 0.500. The van der Waals surface area contributed by atoms with Crippen molar-refractivity contribution in [3.05, 3.63) is 48.4 Å². The highest BCUT2D eigenvalue weighted by Crippen LogP contribution is 2.32. The topological polar surface area (TPSA) is 91.7 Å². The van der Waals surface area contributed by atoms with Crippen molar-refractivity contribution < 1.29 is 17.6 Å². The van der Waals surface area contributed by atoms with Crippen molar-refractivity contribution in [3.8, 4) is 0 Å². The molecular formula is C22H29N3O4S. The van der Waals surface area contributed by atoms with Crippen LogP contribution in [-0.2, 0) is 14.8 Å². The molecule has 0 radical (unpaired) electrons. The molecule has 2 N–H and O–H groups in total. The summed E-state index contributed by atoms with van der Waals surface area (Å²) in [5.41, 5.74) is 0.637. The van der Waals surface area contributed by atoms with Gasteiger partial charge in [-0.05, 0) is 48.9 Å². The highest BCUT2D eigenvalue weighted by atomic mass is 32.2. The molecule has 0 unspecified atom stereocenters. The summed E-state index contributed by atoms with van der Waals surface area (Å²) in [6, 6.07) is 10.7. The molecule has 8 heteroatoms. The van der Waals surface area contributed by atoms with Gasteiger partial charge in [0.15, 0.2) is 0 Å². The number of hydrogen-bond acceptors (Lipinski definition) is 5. The smallest absolute Gasteiger partial charge is 0.244 e. The number of carbonyl (C=O) groups excluding carboxylic acids is 1. The second-order valence-corrected chi connectivity index (χ2v) is 10.2. The zero-order valence-corrected chi connectivity index (χ0v) is 18.2. The molecule has 2 aliphatic rings. The third-order valence-electron chi connectivity index (χ3n) is 6.24. The van der Waals surface area contributed by atoms with Gasteiger partial charge in [0.25, 0.3) is 0 Å². The molecule has 162 valence electrons. The van der Waals surface area contributed by atoms with Gasteiger partial charge in [-0.25, -0.2) is 8.42 Å². The fourth-order valence-electron chi connectivity index (χ4n) is 4.43. The Morgan fingerprint density at radius 3 is 2.57 bits per heavy atom. The van der Waals surface area contributed by atoms with Crippen LogP contribution in [0.15, 0.2) is 52.0 Å². The van der Waals surface area contributed by atoms with E-state index in [1.54, 1.807) is 24.5 Å².